The van der Waals surface area contributed by atoms with Gasteiger partial charge in [-0.3, -0.25) is 0 Å². The zero-order valence-electron chi connectivity index (χ0n) is 8.89. The largest absolute Gasteiger partial charge is 0.330 e. The molecular formula is C12H23N. The van der Waals surface area contributed by atoms with Crippen LogP contribution in [0.1, 0.15) is 51.9 Å². The van der Waals surface area contributed by atoms with Gasteiger partial charge >= 0.3 is 0 Å². The smallest absolute Gasteiger partial charge is 0.00425 e. The Hall–Kier alpha value is -0.300. The third-order valence-electron chi connectivity index (χ3n) is 3.04. The zero-order chi connectivity index (χ0) is 9.52. The summed E-state index contributed by atoms with van der Waals surface area (Å²) in [6, 6.07) is 0. The van der Waals surface area contributed by atoms with Gasteiger partial charge in [0.25, 0.3) is 0 Å². The number of hydrogen-bond acceptors (Lipinski definition) is 1. The first-order valence-electron chi connectivity index (χ1n) is 5.74. The lowest BCUT2D eigenvalue weighted by molar-refractivity contribution is 0.379. The monoisotopic (exact) mass is 181 g/mol. The van der Waals surface area contributed by atoms with E-state index >= 15 is 0 Å². The molecule has 0 unspecified atom stereocenters. The molecule has 76 valence electrons. The molecule has 1 aliphatic rings. The molecule has 0 heterocycles. The van der Waals surface area contributed by atoms with E-state index in [2.05, 4.69) is 13.0 Å². The fourth-order valence-corrected chi connectivity index (χ4v) is 2.24. The molecule has 0 aromatic rings. The van der Waals surface area contributed by atoms with E-state index < -0.39 is 0 Å². The van der Waals surface area contributed by atoms with Gasteiger partial charge in [-0.15, -0.1) is 0 Å². The molecule has 1 rings (SSSR count). The Morgan fingerprint density at radius 2 is 2.08 bits per heavy atom. The molecule has 2 N–H and O–H groups in total. The second-order valence-electron chi connectivity index (χ2n) is 4.17. The molecule has 0 aliphatic heterocycles. The highest BCUT2D eigenvalue weighted by Crippen LogP contribution is 2.30. The molecule has 13 heavy (non-hydrogen) atoms. The van der Waals surface area contributed by atoms with Crippen molar-refractivity contribution in [2.45, 2.75) is 51.9 Å². The first-order chi connectivity index (χ1) is 6.36. The van der Waals surface area contributed by atoms with Crippen LogP contribution in [0.25, 0.3) is 0 Å². The highest BCUT2D eigenvalue weighted by molar-refractivity contribution is 5.05. The van der Waals surface area contributed by atoms with Crippen LogP contribution in [0.2, 0.25) is 0 Å². The summed E-state index contributed by atoms with van der Waals surface area (Å²) in [4.78, 5) is 0. The quantitative estimate of drug-likeness (QED) is 0.662. The van der Waals surface area contributed by atoms with Gasteiger partial charge in [0.15, 0.2) is 0 Å². The van der Waals surface area contributed by atoms with E-state index in [1.165, 1.54) is 38.5 Å². The third kappa shape index (κ3) is 3.95. The van der Waals surface area contributed by atoms with E-state index in [1.807, 2.05) is 0 Å². The van der Waals surface area contributed by atoms with E-state index in [4.69, 9.17) is 5.73 Å². The molecule has 0 saturated heterocycles. The Bertz CT molecular complexity index is 151. The molecule has 1 saturated carbocycles. The zero-order valence-corrected chi connectivity index (χ0v) is 8.89. The highest BCUT2D eigenvalue weighted by Gasteiger charge is 2.14. The van der Waals surface area contributed by atoms with Gasteiger partial charge in [-0.25, -0.2) is 0 Å². The maximum absolute atomic E-state index is 5.48. The molecule has 0 spiro atoms. The van der Waals surface area contributed by atoms with Crippen molar-refractivity contribution in [3.63, 3.8) is 0 Å². The van der Waals surface area contributed by atoms with Gasteiger partial charge in [-0.1, -0.05) is 31.4 Å². The summed E-state index contributed by atoms with van der Waals surface area (Å²) in [5.74, 6) is 1.01. The van der Waals surface area contributed by atoms with Crippen molar-refractivity contribution in [1.29, 1.82) is 0 Å². The van der Waals surface area contributed by atoms with Crippen LogP contribution in [-0.2, 0) is 0 Å². The van der Waals surface area contributed by atoms with Gasteiger partial charge in [0.05, 0.1) is 0 Å². The van der Waals surface area contributed by atoms with Gasteiger partial charge in [-0.05, 0) is 44.6 Å². The van der Waals surface area contributed by atoms with Crippen LogP contribution >= 0.6 is 0 Å². The Balaban J connectivity index is 2.22. The minimum atomic E-state index is 0.807. The van der Waals surface area contributed by atoms with Crippen molar-refractivity contribution >= 4 is 0 Å². The van der Waals surface area contributed by atoms with E-state index in [1.54, 1.807) is 5.57 Å². The fourth-order valence-electron chi connectivity index (χ4n) is 2.24. The van der Waals surface area contributed by atoms with E-state index in [0.29, 0.717) is 0 Å². The molecule has 0 radical (unpaired) electrons. The van der Waals surface area contributed by atoms with E-state index in [9.17, 15) is 0 Å². The molecule has 0 bridgehead atoms. The van der Waals surface area contributed by atoms with Crippen molar-refractivity contribution in [3.8, 4) is 0 Å². The van der Waals surface area contributed by atoms with Crippen LogP contribution in [0, 0.1) is 5.92 Å². The molecule has 0 amide bonds. The van der Waals surface area contributed by atoms with E-state index in [0.717, 1.165) is 18.9 Å². The Morgan fingerprint density at radius 1 is 1.38 bits per heavy atom. The van der Waals surface area contributed by atoms with Gasteiger partial charge in [0, 0.05) is 0 Å². The summed E-state index contributed by atoms with van der Waals surface area (Å²) in [6.07, 6.45) is 11.7. The van der Waals surface area contributed by atoms with Crippen molar-refractivity contribution < 1.29 is 0 Å². The van der Waals surface area contributed by atoms with E-state index in [-0.39, 0.29) is 0 Å². The Morgan fingerprint density at radius 3 is 2.62 bits per heavy atom. The summed E-state index contributed by atoms with van der Waals surface area (Å²) < 4.78 is 0. The van der Waals surface area contributed by atoms with Crippen molar-refractivity contribution in [2.75, 3.05) is 6.54 Å². The second kappa shape index (κ2) is 6.20. The van der Waals surface area contributed by atoms with Gasteiger partial charge in [0.2, 0.25) is 0 Å². The highest BCUT2D eigenvalue weighted by atomic mass is 14.5. The molecular weight excluding hydrogens is 158 g/mol. The topological polar surface area (TPSA) is 26.0 Å². The van der Waals surface area contributed by atoms with Gasteiger partial charge in [-0.2, -0.15) is 0 Å². The molecule has 1 aliphatic carbocycles. The predicted molar refractivity (Wildman–Crippen MR) is 58.6 cm³/mol. The summed E-state index contributed by atoms with van der Waals surface area (Å²) in [6.45, 7) is 3.10. The maximum atomic E-state index is 5.48. The Kier molecular flexibility index (Phi) is 5.14. The number of hydrogen-bond donors (Lipinski definition) is 1. The number of nitrogens with two attached hydrogens (primary N) is 1. The average molecular weight is 181 g/mol. The lowest BCUT2D eigenvalue weighted by Crippen LogP contribution is -2.08. The summed E-state index contributed by atoms with van der Waals surface area (Å²) in [7, 11) is 0. The SMILES string of the molecule is CCCC1CCC(=CCCN)CC1. The summed E-state index contributed by atoms with van der Waals surface area (Å²) >= 11 is 0. The average Bonchev–Trinajstić information content (AvgIpc) is 2.17. The van der Waals surface area contributed by atoms with Crippen LogP contribution in [0.4, 0.5) is 0 Å². The van der Waals surface area contributed by atoms with Gasteiger partial charge in [0.1, 0.15) is 0 Å². The minimum absolute atomic E-state index is 0.807. The summed E-state index contributed by atoms with van der Waals surface area (Å²) in [5, 5.41) is 0. The van der Waals surface area contributed by atoms with Crippen LogP contribution in [0.3, 0.4) is 0 Å². The first kappa shape index (κ1) is 10.8. The molecule has 0 aromatic carbocycles. The fraction of sp³-hybridized carbons (Fsp3) is 0.833. The minimum Gasteiger partial charge on any atom is -0.330 e. The molecule has 0 aromatic heterocycles. The van der Waals surface area contributed by atoms with Crippen molar-refractivity contribution in [1.82, 2.24) is 0 Å². The normalized spacial score (nSPS) is 23.2. The van der Waals surface area contributed by atoms with Crippen LogP contribution < -0.4 is 5.73 Å². The molecule has 0 atom stereocenters. The number of allylic oxidation sites excluding steroid dienone is 1. The molecule has 1 nitrogen and oxygen atoms in total. The van der Waals surface area contributed by atoms with Crippen LogP contribution in [0.15, 0.2) is 11.6 Å². The number of rotatable bonds is 4. The van der Waals surface area contributed by atoms with Crippen LogP contribution in [0.5, 0.6) is 0 Å². The third-order valence-corrected chi connectivity index (χ3v) is 3.04. The van der Waals surface area contributed by atoms with Gasteiger partial charge < -0.3 is 5.73 Å². The van der Waals surface area contributed by atoms with Crippen molar-refractivity contribution in [2.24, 2.45) is 11.7 Å². The maximum Gasteiger partial charge on any atom is -0.00425 e. The molecule has 1 fully saturated rings. The molecule has 1 heteroatoms. The predicted octanol–water partition coefficient (Wildman–Crippen LogP) is 3.25. The first-order valence-corrected chi connectivity index (χ1v) is 5.74. The second-order valence-corrected chi connectivity index (χ2v) is 4.17. The lowest BCUT2D eigenvalue weighted by atomic mass is 9.83. The lowest BCUT2D eigenvalue weighted by Gasteiger charge is -2.23. The van der Waals surface area contributed by atoms with Crippen LogP contribution in [-0.4, -0.2) is 6.54 Å². The summed E-state index contributed by atoms with van der Waals surface area (Å²) in [5.41, 5.74) is 7.14. The standard InChI is InChI=1S/C12H23N/c1-2-4-11-6-8-12(9-7-11)5-3-10-13/h5,11H,2-4,6-10,13H2,1H3. The van der Waals surface area contributed by atoms with Crippen molar-refractivity contribution in [3.05, 3.63) is 11.6 Å². The Labute approximate surface area is 82.4 Å².